The Bertz CT molecular complexity index is 411. The smallest absolute Gasteiger partial charge is 0.412 e. The van der Waals surface area contributed by atoms with E-state index in [1.165, 1.54) is 0 Å². The summed E-state index contributed by atoms with van der Waals surface area (Å²) >= 11 is 0. The fourth-order valence-electron chi connectivity index (χ4n) is 2.27. The molecule has 0 heterocycles. The summed E-state index contributed by atoms with van der Waals surface area (Å²) in [7, 11) is 3.40. The molecule has 7 heteroatoms. The first-order valence-corrected chi connectivity index (χ1v) is 6.82. The summed E-state index contributed by atoms with van der Waals surface area (Å²) in [6, 6.07) is -0.819. The van der Waals surface area contributed by atoms with E-state index in [0.29, 0.717) is 0 Å². The highest BCUT2D eigenvalue weighted by Crippen LogP contribution is 2.34. The van der Waals surface area contributed by atoms with E-state index in [2.05, 4.69) is 5.32 Å². The fraction of sp³-hybridized carbons (Fsp3) is 0.786. The van der Waals surface area contributed by atoms with Gasteiger partial charge in [-0.15, -0.1) is 0 Å². The van der Waals surface area contributed by atoms with E-state index in [-0.39, 0.29) is 12.8 Å². The van der Waals surface area contributed by atoms with Crippen molar-refractivity contribution in [1.29, 1.82) is 0 Å². The Hall–Kier alpha value is -1.24. The Labute approximate surface area is 123 Å². The zero-order valence-corrected chi connectivity index (χ0v) is 13.0. The van der Waals surface area contributed by atoms with Crippen molar-refractivity contribution < 1.29 is 22.7 Å². The lowest BCUT2D eigenvalue weighted by molar-refractivity contribution is -0.0973. The summed E-state index contributed by atoms with van der Waals surface area (Å²) in [6.07, 6.45) is -3.77. The van der Waals surface area contributed by atoms with Gasteiger partial charge in [-0.25, -0.2) is 4.79 Å². The maximum atomic E-state index is 12.8. The second kappa shape index (κ2) is 6.25. The van der Waals surface area contributed by atoms with Gasteiger partial charge in [-0.2, -0.15) is 13.2 Å². The van der Waals surface area contributed by atoms with E-state index in [4.69, 9.17) is 4.74 Å². The minimum atomic E-state index is -4.31. The Morgan fingerprint density at radius 3 is 2.33 bits per heavy atom. The van der Waals surface area contributed by atoms with Crippen molar-refractivity contribution in [3.8, 4) is 0 Å². The summed E-state index contributed by atoms with van der Waals surface area (Å²) in [5, 5.41) is 2.66. The number of rotatable bonds is 2. The lowest BCUT2D eigenvalue weighted by Gasteiger charge is -2.37. The third-order valence-electron chi connectivity index (χ3n) is 3.24. The Balaban J connectivity index is 2.78. The average molecular weight is 308 g/mol. The molecular weight excluding hydrogens is 285 g/mol. The van der Waals surface area contributed by atoms with E-state index >= 15 is 0 Å². The van der Waals surface area contributed by atoms with Crippen molar-refractivity contribution in [2.24, 2.45) is 0 Å². The Kier molecular flexibility index (Phi) is 5.30. The van der Waals surface area contributed by atoms with Gasteiger partial charge in [-0.05, 0) is 47.7 Å². The zero-order chi connectivity index (χ0) is 16.4. The largest absolute Gasteiger partial charge is 0.444 e. The molecule has 1 rings (SSSR count). The number of carbonyl (C=O) groups excluding carboxylic acids is 1. The topological polar surface area (TPSA) is 41.6 Å². The highest BCUT2D eigenvalue weighted by atomic mass is 19.4. The van der Waals surface area contributed by atoms with Crippen LogP contribution < -0.4 is 5.32 Å². The van der Waals surface area contributed by atoms with E-state index in [1.54, 1.807) is 39.8 Å². The number of hydrogen-bond donors (Lipinski definition) is 1. The molecule has 0 saturated carbocycles. The summed E-state index contributed by atoms with van der Waals surface area (Å²) in [5.41, 5.74) is -1.18. The molecule has 1 aliphatic rings. The van der Waals surface area contributed by atoms with Crippen molar-refractivity contribution in [1.82, 2.24) is 10.2 Å². The van der Waals surface area contributed by atoms with Crippen LogP contribution in [0.1, 0.15) is 33.6 Å². The molecule has 2 atom stereocenters. The lowest BCUT2D eigenvalue weighted by atomic mass is 9.89. The minimum absolute atomic E-state index is 0.136. The van der Waals surface area contributed by atoms with E-state index in [1.807, 2.05) is 0 Å². The van der Waals surface area contributed by atoms with Crippen LogP contribution in [-0.4, -0.2) is 48.9 Å². The fourth-order valence-corrected chi connectivity index (χ4v) is 2.27. The summed E-state index contributed by atoms with van der Waals surface area (Å²) in [4.78, 5) is 13.5. The number of alkyl halides is 3. The lowest BCUT2D eigenvalue weighted by Crippen LogP contribution is -2.52. The van der Waals surface area contributed by atoms with Crippen molar-refractivity contribution >= 4 is 6.09 Å². The molecule has 0 fully saturated rings. The molecule has 1 aliphatic carbocycles. The second-order valence-corrected chi connectivity index (χ2v) is 6.45. The molecule has 0 radical (unpaired) electrons. The maximum absolute atomic E-state index is 12.8. The number of carbonyl (C=O) groups is 1. The Morgan fingerprint density at radius 2 is 1.90 bits per heavy atom. The van der Waals surface area contributed by atoms with Crippen molar-refractivity contribution in [2.75, 3.05) is 14.1 Å². The normalized spacial score (nSPS) is 23.8. The first-order chi connectivity index (χ1) is 9.40. The molecule has 1 amide bonds. The predicted octanol–water partition coefficient (Wildman–Crippen LogP) is 3.09. The van der Waals surface area contributed by atoms with Crippen LogP contribution in [0.4, 0.5) is 18.0 Å². The van der Waals surface area contributed by atoms with Gasteiger partial charge in [0.2, 0.25) is 0 Å². The molecule has 122 valence electrons. The quantitative estimate of drug-likeness (QED) is 0.797. The Morgan fingerprint density at radius 1 is 1.33 bits per heavy atom. The number of likely N-dealkylation sites (N-methyl/N-ethyl adjacent to an activating group) is 1. The summed E-state index contributed by atoms with van der Waals surface area (Å²) in [5.74, 6) is 0. The molecule has 0 bridgehead atoms. The van der Waals surface area contributed by atoms with E-state index in [0.717, 1.165) is 6.08 Å². The minimum Gasteiger partial charge on any atom is -0.444 e. The third-order valence-corrected chi connectivity index (χ3v) is 3.24. The van der Waals surface area contributed by atoms with Crippen LogP contribution in [0.5, 0.6) is 0 Å². The van der Waals surface area contributed by atoms with Gasteiger partial charge in [-0.1, -0.05) is 6.08 Å². The summed E-state index contributed by atoms with van der Waals surface area (Å²) in [6.45, 7) is 5.20. The number of alkyl carbamates (subject to hydrolysis) is 1. The number of ether oxygens (including phenoxy) is 1. The van der Waals surface area contributed by atoms with Crippen LogP contribution in [0.15, 0.2) is 11.6 Å². The molecule has 21 heavy (non-hydrogen) atoms. The van der Waals surface area contributed by atoms with Gasteiger partial charge in [0.1, 0.15) is 5.60 Å². The van der Waals surface area contributed by atoms with E-state index < -0.39 is 35.5 Å². The van der Waals surface area contributed by atoms with Crippen LogP contribution in [0.3, 0.4) is 0 Å². The van der Waals surface area contributed by atoms with Crippen molar-refractivity contribution in [3.63, 3.8) is 0 Å². The zero-order valence-electron chi connectivity index (χ0n) is 13.0. The molecule has 0 aromatic carbocycles. The molecule has 0 unspecified atom stereocenters. The van der Waals surface area contributed by atoms with Crippen molar-refractivity contribution in [2.45, 2.75) is 57.5 Å². The van der Waals surface area contributed by atoms with Gasteiger partial charge in [0.05, 0.1) is 6.04 Å². The van der Waals surface area contributed by atoms with Gasteiger partial charge in [0.25, 0.3) is 0 Å². The van der Waals surface area contributed by atoms with Crippen LogP contribution in [0.2, 0.25) is 0 Å². The first-order valence-electron chi connectivity index (χ1n) is 6.82. The number of nitrogens with zero attached hydrogens (tertiary/aromatic N) is 1. The third kappa shape index (κ3) is 5.57. The van der Waals surface area contributed by atoms with Gasteiger partial charge in [0.15, 0.2) is 0 Å². The highest BCUT2D eigenvalue weighted by molar-refractivity contribution is 5.68. The number of hydrogen-bond acceptors (Lipinski definition) is 3. The number of amides is 1. The molecule has 0 spiro atoms. The van der Waals surface area contributed by atoms with Gasteiger partial charge < -0.3 is 15.0 Å². The summed E-state index contributed by atoms with van der Waals surface area (Å²) < 4.78 is 43.5. The predicted molar refractivity (Wildman–Crippen MR) is 74.0 cm³/mol. The molecule has 0 aromatic rings. The standard InChI is InChI=1S/C14H23F3N2O2/c1-13(2,3)21-12(20)18-10-7-6-9(14(15,16)17)8-11(10)19(4)5/h6,10-11H,7-8H2,1-5H3,(H,18,20)/t10-,11-/m0/s1. The number of halogens is 3. The molecular formula is C14H23F3N2O2. The van der Waals surface area contributed by atoms with Gasteiger partial charge in [-0.3, -0.25) is 0 Å². The molecule has 0 saturated heterocycles. The second-order valence-electron chi connectivity index (χ2n) is 6.45. The van der Waals surface area contributed by atoms with Crippen molar-refractivity contribution in [3.05, 3.63) is 11.6 Å². The van der Waals surface area contributed by atoms with Crippen LogP contribution >= 0.6 is 0 Å². The first kappa shape index (κ1) is 17.8. The maximum Gasteiger partial charge on any atom is 0.412 e. The monoisotopic (exact) mass is 308 g/mol. The average Bonchev–Trinajstić information content (AvgIpc) is 2.24. The van der Waals surface area contributed by atoms with Gasteiger partial charge in [0, 0.05) is 11.6 Å². The van der Waals surface area contributed by atoms with Crippen LogP contribution in [0, 0.1) is 0 Å². The highest BCUT2D eigenvalue weighted by Gasteiger charge is 2.40. The van der Waals surface area contributed by atoms with Crippen LogP contribution in [0.25, 0.3) is 0 Å². The van der Waals surface area contributed by atoms with E-state index in [9.17, 15) is 18.0 Å². The van der Waals surface area contributed by atoms with Gasteiger partial charge >= 0.3 is 12.3 Å². The molecule has 0 aromatic heterocycles. The number of nitrogens with one attached hydrogen (secondary N) is 1. The SMILES string of the molecule is CN(C)[C@H]1CC(C(F)(F)F)=CC[C@@H]1NC(=O)OC(C)(C)C. The van der Waals surface area contributed by atoms with Crippen LogP contribution in [-0.2, 0) is 4.74 Å². The molecule has 4 nitrogen and oxygen atoms in total. The molecule has 0 aliphatic heterocycles. The molecule has 1 N–H and O–H groups in total.